The van der Waals surface area contributed by atoms with Gasteiger partial charge in [0.05, 0.1) is 17.2 Å². The van der Waals surface area contributed by atoms with E-state index in [1.54, 1.807) is 54.5 Å². The van der Waals surface area contributed by atoms with E-state index < -0.39 is 0 Å². The molecule has 2 heterocycles. The molecule has 0 aliphatic carbocycles. The number of nitrogens with zero attached hydrogens (tertiary/aromatic N) is 4. The second-order valence-corrected chi connectivity index (χ2v) is 6.73. The maximum Gasteiger partial charge on any atom is 0.253 e. The lowest BCUT2D eigenvalue weighted by Gasteiger charge is -2.16. The number of carbonyl (C=O) groups excluding carboxylic acids is 1. The number of carbonyl (C=O) groups is 1. The molecule has 7 nitrogen and oxygen atoms in total. The molecule has 26 heavy (non-hydrogen) atoms. The Kier molecular flexibility index (Phi) is 5.62. The molecular weight excluding hydrogens is 352 g/mol. The van der Waals surface area contributed by atoms with Gasteiger partial charge in [-0.05, 0) is 30.7 Å². The van der Waals surface area contributed by atoms with Crippen molar-refractivity contribution in [2.75, 3.05) is 7.05 Å². The zero-order valence-corrected chi connectivity index (χ0v) is 15.7. The Morgan fingerprint density at radius 3 is 2.65 bits per heavy atom. The van der Waals surface area contributed by atoms with Gasteiger partial charge in [-0.3, -0.25) is 4.79 Å². The molecule has 2 aromatic heterocycles. The van der Waals surface area contributed by atoms with Crippen LogP contribution < -0.4 is 4.74 Å². The molecule has 1 aromatic carbocycles. The molecular formula is C18H20N4O3S. The molecule has 3 aromatic rings. The van der Waals surface area contributed by atoms with E-state index in [1.807, 2.05) is 5.38 Å². The third-order valence-corrected chi connectivity index (χ3v) is 4.73. The summed E-state index contributed by atoms with van der Waals surface area (Å²) in [6.45, 7) is 4.50. The van der Waals surface area contributed by atoms with Crippen molar-refractivity contribution in [3.63, 3.8) is 0 Å². The Balaban J connectivity index is 1.57. The summed E-state index contributed by atoms with van der Waals surface area (Å²) in [4.78, 5) is 22.8. The van der Waals surface area contributed by atoms with Crippen LogP contribution in [0.4, 0.5) is 0 Å². The molecule has 0 aliphatic heterocycles. The highest BCUT2D eigenvalue weighted by molar-refractivity contribution is 7.09. The van der Waals surface area contributed by atoms with Crippen LogP contribution in [0.5, 0.6) is 5.75 Å². The first-order valence-electron chi connectivity index (χ1n) is 8.26. The first-order chi connectivity index (χ1) is 12.5. The van der Waals surface area contributed by atoms with Crippen LogP contribution in [-0.4, -0.2) is 33.0 Å². The largest absolute Gasteiger partial charge is 0.485 e. The third-order valence-electron chi connectivity index (χ3n) is 3.69. The van der Waals surface area contributed by atoms with Crippen LogP contribution >= 0.6 is 11.3 Å². The predicted molar refractivity (Wildman–Crippen MR) is 97.1 cm³/mol. The average Bonchev–Trinajstić information content (AvgIpc) is 3.28. The maximum absolute atomic E-state index is 12.5. The van der Waals surface area contributed by atoms with E-state index in [-0.39, 0.29) is 12.5 Å². The maximum atomic E-state index is 12.5. The van der Waals surface area contributed by atoms with Crippen molar-refractivity contribution < 1.29 is 14.1 Å². The number of thiazole rings is 1. The monoisotopic (exact) mass is 372 g/mol. The fourth-order valence-corrected chi connectivity index (χ4v) is 3.10. The van der Waals surface area contributed by atoms with Crippen molar-refractivity contribution >= 4 is 17.2 Å². The fourth-order valence-electron chi connectivity index (χ4n) is 2.36. The predicted octanol–water partition coefficient (Wildman–Crippen LogP) is 3.25. The van der Waals surface area contributed by atoms with E-state index in [2.05, 4.69) is 22.0 Å². The van der Waals surface area contributed by atoms with Crippen molar-refractivity contribution in [2.24, 2.45) is 0 Å². The van der Waals surface area contributed by atoms with Crippen molar-refractivity contribution in [3.8, 4) is 5.75 Å². The van der Waals surface area contributed by atoms with E-state index in [0.717, 1.165) is 17.1 Å². The first-order valence-corrected chi connectivity index (χ1v) is 9.14. The van der Waals surface area contributed by atoms with E-state index in [0.29, 0.717) is 29.6 Å². The minimum Gasteiger partial charge on any atom is -0.485 e. The van der Waals surface area contributed by atoms with E-state index in [1.165, 1.54) is 0 Å². The van der Waals surface area contributed by atoms with Crippen LogP contribution in [0, 0.1) is 6.92 Å². The summed E-state index contributed by atoms with van der Waals surface area (Å²) in [6.07, 6.45) is 0.910. The van der Waals surface area contributed by atoms with Crippen LogP contribution in [0.3, 0.4) is 0 Å². The van der Waals surface area contributed by atoms with Gasteiger partial charge in [-0.1, -0.05) is 12.1 Å². The SMILES string of the molecule is CCc1nc(CN(C)C(=O)c2ccc(OCc3noc(C)n3)cc2)cs1. The number of amides is 1. The number of ether oxygens (including phenoxy) is 1. The first kappa shape index (κ1) is 18.1. The van der Waals surface area contributed by atoms with Crippen LogP contribution in [0.15, 0.2) is 34.2 Å². The molecule has 3 rings (SSSR count). The summed E-state index contributed by atoms with van der Waals surface area (Å²) in [7, 11) is 1.77. The molecule has 0 saturated carbocycles. The average molecular weight is 372 g/mol. The van der Waals surface area contributed by atoms with Gasteiger partial charge >= 0.3 is 0 Å². The molecule has 8 heteroatoms. The lowest BCUT2D eigenvalue weighted by atomic mass is 10.2. The molecule has 0 fully saturated rings. The molecule has 0 spiro atoms. The molecule has 0 atom stereocenters. The quantitative estimate of drug-likeness (QED) is 0.633. The van der Waals surface area contributed by atoms with Gasteiger partial charge in [-0.25, -0.2) is 4.98 Å². The topological polar surface area (TPSA) is 81.4 Å². The smallest absolute Gasteiger partial charge is 0.253 e. The lowest BCUT2D eigenvalue weighted by molar-refractivity contribution is 0.0783. The number of hydrogen-bond donors (Lipinski definition) is 0. The van der Waals surface area contributed by atoms with Gasteiger partial charge in [0.1, 0.15) is 5.75 Å². The summed E-state index contributed by atoms with van der Waals surface area (Å²) in [6, 6.07) is 7.00. The summed E-state index contributed by atoms with van der Waals surface area (Å²) >= 11 is 1.62. The summed E-state index contributed by atoms with van der Waals surface area (Å²) in [5, 5.41) is 6.85. The van der Waals surface area contributed by atoms with Crippen molar-refractivity contribution in [3.05, 3.63) is 57.6 Å². The molecule has 0 unspecified atom stereocenters. The van der Waals surface area contributed by atoms with Crippen molar-refractivity contribution in [1.82, 2.24) is 20.0 Å². The van der Waals surface area contributed by atoms with Gasteiger partial charge < -0.3 is 14.2 Å². The van der Waals surface area contributed by atoms with Crippen molar-refractivity contribution in [1.29, 1.82) is 0 Å². The number of rotatable bonds is 7. The van der Waals surface area contributed by atoms with Crippen LogP contribution in [0.1, 0.15) is 39.7 Å². The van der Waals surface area contributed by atoms with E-state index in [9.17, 15) is 4.79 Å². The molecule has 0 N–H and O–H groups in total. The Bertz CT molecular complexity index is 873. The van der Waals surface area contributed by atoms with E-state index in [4.69, 9.17) is 9.26 Å². The molecule has 1 amide bonds. The van der Waals surface area contributed by atoms with Gasteiger partial charge in [0.2, 0.25) is 11.7 Å². The van der Waals surface area contributed by atoms with Crippen LogP contribution in [-0.2, 0) is 19.6 Å². The Labute approximate surface area is 155 Å². The molecule has 0 bridgehead atoms. The molecule has 0 aliphatic rings. The van der Waals surface area contributed by atoms with Gasteiger partial charge in [-0.2, -0.15) is 4.98 Å². The van der Waals surface area contributed by atoms with E-state index >= 15 is 0 Å². The van der Waals surface area contributed by atoms with Crippen molar-refractivity contribution in [2.45, 2.75) is 33.4 Å². The van der Waals surface area contributed by atoms with Gasteiger partial charge in [-0.15, -0.1) is 11.3 Å². The zero-order chi connectivity index (χ0) is 18.5. The Morgan fingerprint density at radius 2 is 2.04 bits per heavy atom. The Morgan fingerprint density at radius 1 is 1.27 bits per heavy atom. The highest BCUT2D eigenvalue weighted by atomic mass is 32.1. The number of aryl methyl sites for hydroxylation is 2. The normalized spacial score (nSPS) is 10.7. The van der Waals surface area contributed by atoms with Gasteiger partial charge in [0.15, 0.2) is 6.61 Å². The third kappa shape index (κ3) is 4.45. The summed E-state index contributed by atoms with van der Waals surface area (Å²) in [5.74, 6) is 1.56. The molecule has 136 valence electrons. The minimum absolute atomic E-state index is 0.0589. The number of benzene rings is 1. The van der Waals surface area contributed by atoms with Crippen LogP contribution in [0.25, 0.3) is 0 Å². The second kappa shape index (κ2) is 8.09. The molecule has 0 saturated heterocycles. The highest BCUT2D eigenvalue weighted by Crippen LogP contribution is 2.16. The summed E-state index contributed by atoms with van der Waals surface area (Å²) < 4.78 is 10.5. The highest BCUT2D eigenvalue weighted by Gasteiger charge is 2.14. The van der Waals surface area contributed by atoms with Crippen LogP contribution in [0.2, 0.25) is 0 Å². The fraction of sp³-hybridized carbons (Fsp3) is 0.333. The Hall–Kier alpha value is -2.74. The number of hydrogen-bond acceptors (Lipinski definition) is 7. The second-order valence-electron chi connectivity index (χ2n) is 5.79. The minimum atomic E-state index is -0.0589. The standard InChI is InChI=1S/C18H20N4O3S/c1-4-17-20-14(11-26-17)9-22(3)18(23)13-5-7-15(8-6-13)24-10-16-19-12(2)25-21-16/h5-8,11H,4,9-10H2,1-3H3. The molecule has 0 radical (unpaired) electrons. The number of aromatic nitrogens is 3. The summed E-state index contributed by atoms with van der Waals surface area (Å²) in [5.41, 5.74) is 1.51. The zero-order valence-electron chi connectivity index (χ0n) is 14.9. The lowest BCUT2D eigenvalue weighted by Crippen LogP contribution is -2.26. The van der Waals surface area contributed by atoms with Gasteiger partial charge in [0.25, 0.3) is 5.91 Å². The van der Waals surface area contributed by atoms with Gasteiger partial charge in [0, 0.05) is 24.9 Å².